The van der Waals surface area contributed by atoms with Crippen LogP contribution in [-0.4, -0.2) is 119 Å². The summed E-state index contributed by atoms with van der Waals surface area (Å²) < 4.78 is 29.2. The number of carbonyl (C=O) groups excluding carboxylic acids is 4. The number of fused-ring (bicyclic) bond motifs is 4. The molecule has 0 atom stereocenters. The van der Waals surface area contributed by atoms with Crippen molar-refractivity contribution >= 4 is 86.5 Å². The highest BCUT2D eigenvalue weighted by molar-refractivity contribution is 5.87. The maximum Gasteiger partial charge on any atom is 0.417 e. The minimum absolute atomic E-state index is 0.0522. The first-order chi connectivity index (χ1) is 48.1. The molecular formula is C72H77N9O19. The number of phenolic OH excluding ortho intramolecular Hbond substituents is 2. The second-order valence-corrected chi connectivity index (χ2v) is 23.0. The molecule has 1 fully saturated rings. The number of esters is 3. The lowest BCUT2D eigenvalue weighted by Crippen LogP contribution is -2.38. The number of aromatic nitrogens is 5. The molecule has 28 heteroatoms. The molecule has 1 amide bonds. The van der Waals surface area contributed by atoms with Gasteiger partial charge in [-0.25, -0.2) is 29.1 Å². The van der Waals surface area contributed by atoms with Crippen LogP contribution in [0.25, 0.3) is 39.4 Å². The fraction of sp³-hybridized carbons (Fsp3) is 0.306. The van der Waals surface area contributed by atoms with Gasteiger partial charge in [0.25, 0.3) is 0 Å². The first-order valence-corrected chi connectivity index (χ1v) is 32.3. The van der Waals surface area contributed by atoms with Crippen molar-refractivity contribution in [1.29, 1.82) is 0 Å². The minimum atomic E-state index is -0.842. The molecular weight excluding hydrogens is 1290 g/mol. The summed E-state index contributed by atoms with van der Waals surface area (Å²) in [5.41, 5.74) is 16.9. The number of benzene rings is 6. The van der Waals surface area contributed by atoms with Gasteiger partial charge < -0.3 is 58.7 Å². The predicted octanol–water partition coefficient (Wildman–Crippen LogP) is 9.93. The zero-order valence-electron chi connectivity index (χ0n) is 55.2. The van der Waals surface area contributed by atoms with Crippen molar-refractivity contribution in [3.05, 3.63) is 220 Å². The van der Waals surface area contributed by atoms with Crippen LogP contribution in [0.15, 0.2) is 161 Å². The Morgan fingerprint density at radius 2 is 1.10 bits per heavy atom. The Balaban J connectivity index is 0.000000170. The molecule has 2 aliphatic rings. The van der Waals surface area contributed by atoms with Crippen LogP contribution in [0.1, 0.15) is 110 Å². The van der Waals surface area contributed by atoms with Crippen molar-refractivity contribution < 1.29 is 71.7 Å². The molecule has 10 aromatic rings. The molecule has 0 spiro atoms. The number of nitrogen functional groups attached to an aromatic ring is 1. The maximum absolute atomic E-state index is 12.8. The smallest absolute Gasteiger partial charge is 0.417 e. The number of aryl methyl sites for hydroxylation is 4. The second kappa shape index (κ2) is 36.3. The summed E-state index contributed by atoms with van der Waals surface area (Å²) in [6.45, 7) is 7.78. The van der Waals surface area contributed by atoms with E-state index in [1.807, 2.05) is 41.6 Å². The van der Waals surface area contributed by atoms with Gasteiger partial charge in [0, 0.05) is 69.4 Å². The van der Waals surface area contributed by atoms with Crippen LogP contribution >= 0.6 is 0 Å². The lowest BCUT2D eigenvalue weighted by Gasteiger charge is -2.32. The van der Waals surface area contributed by atoms with Crippen LogP contribution in [0.2, 0.25) is 0 Å². The molecule has 6 aromatic carbocycles. The average molecular weight is 1370 g/mol. The number of carboxylic acid groups (broad SMARTS) is 1. The summed E-state index contributed by atoms with van der Waals surface area (Å²) in [6, 6.07) is 33.8. The van der Waals surface area contributed by atoms with Crippen LogP contribution < -0.4 is 28.3 Å². The summed E-state index contributed by atoms with van der Waals surface area (Å²) in [6.07, 6.45) is 13.6. The van der Waals surface area contributed by atoms with Gasteiger partial charge in [0.15, 0.2) is 22.5 Å². The Hall–Kier alpha value is -12.1. The third-order valence-electron chi connectivity index (χ3n) is 15.9. The van der Waals surface area contributed by atoms with Gasteiger partial charge in [0.05, 0.1) is 47.0 Å². The molecule has 28 nitrogen and oxygen atoms in total. The molecule has 9 N–H and O–H groups in total. The van der Waals surface area contributed by atoms with E-state index < -0.39 is 39.9 Å². The number of aromatic hydroxyl groups is 2. The number of hydrogen-bond acceptors (Lipinski definition) is 22. The number of nitrogens with zero attached hydrogens (tertiary/aromatic N) is 4. The third-order valence-corrected chi connectivity index (χ3v) is 15.9. The fourth-order valence-electron chi connectivity index (χ4n) is 10.9. The van der Waals surface area contributed by atoms with Crippen LogP contribution in [0.4, 0.5) is 17.3 Å². The Bertz CT molecular complexity index is 4650. The standard InChI is InChI=1S/C28H29N5O3.C12H13NO4.C11H11NO5.C11H15NO3.C10H9NO4/c34-26(8-6-18-5-7-24-25(13-18)36-28(35)32-24)33-11-9-19(10-12-33)22-16-29-27(30-17-22)31-23-14-20-3-1-2-4-21(20)15-23;1-2-16-11(14)6-4-8-3-5-9-10(7-8)17-12(15)13-9;1-2-17-11(14)6-4-8-3-5-9(12(15)16)10(13)7-8;1-2-15-11(14)6-4-8-3-5-9(12)10(13)7-8;12-9(13)4-2-6-1-3-7-8(5-6)15-10(14)11-7/h1-5,7,13,16-17,19,23H,6,8-12,14-15H2,(H,32,35)(H,29,30,31);3,5,7H,2,4,6H2,1H3,(H,13,15);3-7,13H,2H2,1H3;3,5,7,13H,2,4,6,12H2,1H3;1,3,5H,2,4H2,(H,11,14)(H,12,13)/b;;6-4+;;. The van der Waals surface area contributed by atoms with Crippen molar-refractivity contribution in [2.45, 2.75) is 110 Å². The molecule has 0 radical (unpaired) electrons. The van der Waals surface area contributed by atoms with Crippen LogP contribution in [0.3, 0.4) is 0 Å². The molecule has 0 saturated carbocycles. The van der Waals surface area contributed by atoms with Gasteiger partial charge in [0.2, 0.25) is 11.9 Å². The Kier molecular flexibility index (Phi) is 26.8. The molecule has 1 saturated heterocycles. The summed E-state index contributed by atoms with van der Waals surface area (Å²) in [4.78, 5) is 118. The zero-order chi connectivity index (χ0) is 71.7. The van der Waals surface area contributed by atoms with Gasteiger partial charge in [-0.2, -0.15) is 0 Å². The highest BCUT2D eigenvalue weighted by Gasteiger charge is 2.26. The number of anilines is 2. The van der Waals surface area contributed by atoms with Gasteiger partial charge in [0.1, 0.15) is 5.75 Å². The van der Waals surface area contributed by atoms with E-state index in [1.165, 1.54) is 41.5 Å². The minimum Gasteiger partial charge on any atom is -0.506 e. The van der Waals surface area contributed by atoms with Gasteiger partial charge in [-0.3, -0.25) is 44.2 Å². The van der Waals surface area contributed by atoms with Crippen molar-refractivity contribution in [2.75, 3.05) is 44.0 Å². The van der Waals surface area contributed by atoms with E-state index in [-0.39, 0.29) is 42.3 Å². The molecule has 0 unspecified atom stereocenters. The number of nitro benzene ring substituents is 1. The quantitative estimate of drug-likeness (QED) is 0.00630. The van der Waals surface area contributed by atoms with Crippen molar-refractivity contribution in [2.24, 2.45) is 0 Å². The average Bonchev–Trinajstić information content (AvgIpc) is 1.60. The number of H-pyrrole nitrogens is 3. The molecule has 100 heavy (non-hydrogen) atoms. The summed E-state index contributed by atoms with van der Waals surface area (Å²) in [5, 5.41) is 41.1. The topological polar surface area (TPSA) is 422 Å². The van der Waals surface area contributed by atoms with Gasteiger partial charge in [-0.05, 0) is 189 Å². The van der Waals surface area contributed by atoms with Crippen molar-refractivity contribution in [3.8, 4) is 11.5 Å². The largest absolute Gasteiger partial charge is 0.506 e. The number of nitro groups is 1. The molecule has 1 aliphatic carbocycles. The number of ether oxygens (including phenoxy) is 3. The van der Waals surface area contributed by atoms with Gasteiger partial charge >= 0.3 is 46.8 Å². The number of aliphatic carboxylic acids is 1. The van der Waals surface area contributed by atoms with Crippen molar-refractivity contribution in [3.63, 3.8) is 0 Å². The normalized spacial score (nSPS) is 12.6. The molecule has 4 aromatic heterocycles. The molecule has 5 heterocycles. The second-order valence-electron chi connectivity index (χ2n) is 23.0. The first kappa shape index (κ1) is 73.7. The van der Waals surface area contributed by atoms with Gasteiger partial charge in [-0.1, -0.05) is 48.5 Å². The number of amides is 1. The lowest BCUT2D eigenvalue weighted by atomic mass is 9.91. The van der Waals surface area contributed by atoms with E-state index in [0.29, 0.717) is 121 Å². The highest BCUT2D eigenvalue weighted by atomic mass is 16.6. The van der Waals surface area contributed by atoms with E-state index in [4.69, 9.17) is 33.6 Å². The van der Waals surface area contributed by atoms with Gasteiger partial charge in [-0.15, -0.1) is 0 Å². The van der Waals surface area contributed by atoms with Crippen LogP contribution in [-0.2, 0) is 76.7 Å². The first-order valence-electron chi connectivity index (χ1n) is 32.3. The number of likely N-dealkylation sites (tertiary alicyclic amines) is 1. The number of nitrogens with one attached hydrogen (secondary N) is 4. The van der Waals surface area contributed by atoms with Crippen molar-refractivity contribution in [1.82, 2.24) is 29.8 Å². The molecule has 524 valence electrons. The number of oxazole rings is 3. The summed E-state index contributed by atoms with van der Waals surface area (Å²) in [7, 11) is 0. The Labute approximate surface area is 571 Å². The summed E-state index contributed by atoms with van der Waals surface area (Å²) in [5.74, 6) is -2.40. The highest BCUT2D eigenvalue weighted by Crippen LogP contribution is 2.30. The fourth-order valence-corrected chi connectivity index (χ4v) is 10.9. The van der Waals surface area contributed by atoms with Crippen LogP contribution in [0.5, 0.6) is 11.5 Å². The third kappa shape index (κ3) is 22.5. The number of phenols is 2. The number of hydrogen-bond donors (Lipinski definition) is 8. The number of aromatic amines is 3. The number of rotatable bonds is 21. The SMILES string of the molecule is CCOC(=O)/C=C/c1ccc([N+](=O)[O-])c(O)c1.CCOC(=O)CCc1ccc(N)c(O)c1.CCOC(=O)CCc1ccc2[nH]c(=O)oc2c1.O=C(CCc1ccc2[nH]c(=O)oc2c1)N1CCC(c2cnc(NC3Cc4ccccc4C3)nc2)CC1.O=C(O)CCc1ccc2[nH]c(=O)oc2c1. The molecule has 0 bridgehead atoms. The Morgan fingerprint density at radius 1 is 0.630 bits per heavy atom. The van der Waals surface area contributed by atoms with E-state index in [0.717, 1.165) is 66.6 Å². The van der Waals surface area contributed by atoms with Crippen LogP contribution in [0, 0.1) is 10.1 Å². The van der Waals surface area contributed by atoms with E-state index in [1.54, 1.807) is 69.3 Å². The van der Waals surface area contributed by atoms with E-state index in [2.05, 4.69) is 59.2 Å². The number of nitrogens with two attached hydrogens (primary N) is 1. The monoisotopic (exact) mass is 1370 g/mol. The number of carbonyl (C=O) groups is 5. The number of piperidine rings is 1. The van der Waals surface area contributed by atoms with E-state index in [9.17, 15) is 58.7 Å². The zero-order valence-corrected chi connectivity index (χ0v) is 55.2. The molecule has 12 rings (SSSR count). The molecule has 1 aliphatic heterocycles. The maximum atomic E-state index is 12.8. The van der Waals surface area contributed by atoms with E-state index >= 15 is 0 Å². The Morgan fingerprint density at radius 3 is 1.56 bits per heavy atom. The number of carboxylic acids is 1. The predicted molar refractivity (Wildman–Crippen MR) is 369 cm³/mol. The summed E-state index contributed by atoms with van der Waals surface area (Å²) >= 11 is 0. The lowest BCUT2D eigenvalue weighted by molar-refractivity contribution is -0.385.